The van der Waals surface area contributed by atoms with Gasteiger partial charge in [-0.15, -0.1) is 5.11 Å². The fourth-order valence-electron chi connectivity index (χ4n) is 3.16. The number of carbonyl (C=O) groups is 3. The summed E-state index contributed by atoms with van der Waals surface area (Å²) in [5.74, 6) is -1.88. The number of esters is 1. The number of amides is 2. The summed E-state index contributed by atoms with van der Waals surface area (Å²) in [6.07, 6.45) is 3.37. The van der Waals surface area contributed by atoms with Gasteiger partial charge in [0.15, 0.2) is 11.5 Å². The van der Waals surface area contributed by atoms with E-state index in [1.807, 2.05) is 0 Å². The third-order valence-electron chi connectivity index (χ3n) is 4.74. The van der Waals surface area contributed by atoms with Gasteiger partial charge in [-0.2, -0.15) is 10.2 Å². The molecule has 1 saturated heterocycles. The third kappa shape index (κ3) is 5.53. The van der Waals surface area contributed by atoms with Gasteiger partial charge < -0.3 is 20.7 Å². The Balaban J connectivity index is 1.58. The second-order valence-electron chi connectivity index (χ2n) is 6.88. The molecule has 0 radical (unpaired) electrons. The van der Waals surface area contributed by atoms with E-state index in [1.165, 1.54) is 30.2 Å². The van der Waals surface area contributed by atoms with Crippen molar-refractivity contribution in [3.63, 3.8) is 0 Å². The van der Waals surface area contributed by atoms with Crippen LogP contribution in [0.5, 0.6) is 0 Å². The second-order valence-corrected chi connectivity index (χ2v) is 6.88. The van der Waals surface area contributed by atoms with Gasteiger partial charge in [-0.1, -0.05) is 6.07 Å². The Morgan fingerprint density at radius 3 is 2.94 bits per heavy atom. The summed E-state index contributed by atoms with van der Waals surface area (Å²) in [6.45, 7) is 0.394. The maximum Gasteiger partial charge on any atom is 0.328 e. The van der Waals surface area contributed by atoms with Crippen LogP contribution in [0.15, 0.2) is 46.6 Å². The number of nitrogens with two attached hydrogens (primary N) is 1. The number of aromatic amines is 1. The first-order valence-corrected chi connectivity index (χ1v) is 9.73. The standard InChI is InChI=1S/C20H22FN7O4/c1-32-20(31)15-6-3-9-28(15)17(30)8-7-16(29)23-11-14-18(19(22)27-25-14)26-24-13-5-2-4-12(21)10-13/h2,4-5,7-8,10,15H,3,6,9,11H2,1H3,(H,23,29)(H3,22,25,27)/b8-7+,26-24?. The fourth-order valence-corrected chi connectivity index (χ4v) is 3.16. The van der Waals surface area contributed by atoms with Crippen LogP contribution >= 0.6 is 0 Å². The molecule has 1 aromatic carbocycles. The van der Waals surface area contributed by atoms with Crippen molar-refractivity contribution < 1.29 is 23.5 Å². The Labute approximate surface area is 182 Å². The summed E-state index contributed by atoms with van der Waals surface area (Å²) in [5.41, 5.74) is 6.64. The lowest BCUT2D eigenvalue weighted by Gasteiger charge is -2.20. The average molecular weight is 443 g/mol. The fraction of sp³-hybridized carbons (Fsp3) is 0.300. The van der Waals surface area contributed by atoms with Gasteiger partial charge in [0.2, 0.25) is 11.8 Å². The summed E-state index contributed by atoms with van der Waals surface area (Å²) in [4.78, 5) is 37.6. The first-order chi connectivity index (χ1) is 15.4. The number of hydrogen-bond acceptors (Lipinski definition) is 8. The van der Waals surface area contributed by atoms with Gasteiger partial charge in [0.05, 0.1) is 25.0 Å². The number of anilines is 1. The quantitative estimate of drug-likeness (QED) is 0.337. The number of H-pyrrole nitrogens is 1. The highest BCUT2D eigenvalue weighted by Gasteiger charge is 2.33. The van der Waals surface area contributed by atoms with Gasteiger partial charge in [0.1, 0.15) is 11.9 Å². The molecule has 0 aliphatic carbocycles. The van der Waals surface area contributed by atoms with Crippen LogP contribution in [0.25, 0.3) is 0 Å². The minimum Gasteiger partial charge on any atom is -0.467 e. The summed E-state index contributed by atoms with van der Waals surface area (Å²) in [6, 6.07) is 4.90. The number of azo groups is 1. The van der Waals surface area contributed by atoms with Crippen LogP contribution in [0.4, 0.5) is 21.6 Å². The highest BCUT2D eigenvalue weighted by Crippen LogP contribution is 2.26. The summed E-state index contributed by atoms with van der Waals surface area (Å²) >= 11 is 0. The molecule has 0 bridgehead atoms. The SMILES string of the molecule is COC(=O)C1CCCN1C(=O)/C=C/C(=O)NCc1[nH]nc(N)c1N=Nc1cccc(F)c1. The lowest BCUT2D eigenvalue weighted by Crippen LogP contribution is -2.40. The molecule has 3 rings (SSSR count). The van der Waals surface area contributed by atoms with Crippen LogP contribution in [0, 0.1) is 5.82 Å². The van der Waals surface area contributed by atoms with Gasteiger partial charge in [-0.3, -0.25) is 14.7 Å². The van der Waals surface area contributed by atoms with Crippen LogP contribution in [0.3, 0.4) is 0 Å². The number of nitrogens with zero attached hydrogens (tertiary/aromatic N) is 4. The Hall–Kier alpha value is -4.09. The molecule has 32 heavy (non-hydrogen) atoms. The van der Waals surface area contributed by atoms with E-state index in [2.05, 4.69) is 25.7 Å². The summed E-state index contributed by atoms with van der Waals surface area (Å²) in [7, 11) is 1.26. The predicted molar refractivity (Wildman–Crippen MR) is 111 cm³/mol. The molecule has 1 aliphatic rings. The predicted octanol–water partition coefficient (Wildman–Crippen LogP) is 1.88. The monoisotopic (exact) mass is 443 g/mol. The van der Waals surface area contributed by atoms with Crippen molar-refractivity contribution in [2.24, 2.45) is 10.2 Å². The Morgan fingerprint density at radius 2 is 2.19 bits per heavy atom. The smallest absolute Gasteiger partial charge is 0.328 e. The Kier molecular flexibility index (Phi) is 7.26. The average Bonchev–Trinajstić information content (AvgIpc) is 3.41. The van der Waals surface area contributed by atoms with Crippen LogP contribution in [-0.2, 0) is 25.7 Å². The minimum atomic E-state index is -0.640. The Bertz CT molecular complexity index is 1070. The Morgan fingerprint density at radius 1 is 1.38 bits per heavy atom. The van der Waals surface area contributed by atoms with Gasteiger partial charge in [-0.25, -0.2) is 9.18 Å². The molecule has 2 heterocycles. The van der Waals surface area contributed by atoms with E-state index in [0.717, 1.165) is 12.2 Å². The number of benzene rings is 1. The molecule has 168 valence electrons. The highest BCUT2D eigenvalue weighted by molar-refractivity contribution is 5.98. The van der Waals surface area contributed by atoms with Gasteiger partial charge in [-0.05, 0) is 25.0 Å². The maximum absolute atomic E-state index is 13.3. The van der Waals surface area contributed by atoms with Gasteiger partial charge in [0, 0.05) is 24.8 Å². The molecule has 1 fully saturated rings. The number of aromatic nitrogens is 2. The molecule has 2 amide bonds. The first-order valence-electron chi connectivity index (χ1n) is 9.73. The highest BCUT2D eigenvalue weighted by atomic mass is 19.1. The van der Waals surface area contributed by atoms with Crippen molar-refractivity contribution in [1.82, 2.24) is 20.4 Å². The van der Waals surface area contributed by atoms with Crippen molar-refractivity contribution in [3.05, 3.63) is 47.9 Å². The zero-order chi connectivity index (χ0) is 23.1. The summed E-state index contributed by atoms with van der Waals surface area (Å²) in [5, 5.41) is 17.0. The molecule has 12 heteroatoms. The van der Waals surface area contributed by atoms with E-state index in [4.69, 9.17) is 10.5 Å². The molecule has 1 aliphatic heterocycles. The van der Waals surface area contributed by atoms with E-state index < -0.39 is 29.6 Å². The number of ether oxygens (including phenoxy) is 1. The number of methoxy groups -OCH3 is 1. The molecule has 1 atom stereocenters. The van der Waals surface area contributed by atoms with Crippen LogP contribution in [0.2, 0.25) is 0 Å². The number of likely N-dealkylation sites (tertiary alicyclic amines) is 1. The first kappa shape index (κ1) is 22.6. The molecule has 0 spiro atoms. The molecular formula is C20H22FN7O4. The van der Waals surface area contributed by atoms with Crippen molar-refractivity contribution in [1.29, 1.82) is 0 Å². The molecule has 4 N–H and O–H groups in total. The van der Waals surface area contributed by atoms with E-state index in [1.54, 1.807) is 6.07 Å². The van der Waals surface area contributed by atoms with Crippen molar-refractivity contribution in [3.8, 4) is 0 Å². The van der Waals surface area contributed by atoms with E-state index in [9.17, 15) is 18.8 Å². The largest absolute Gasteiger partial charge is 0.467 e. The molecular weight excluding hydrogens is 421 g/mol. The van der Waals surface area contributed by atoms with Gasteiger partial charge in [0.25, 0.3) is 0 Å². The van der Waals surface area contributed by atoms with Gasteiger partial charge >= 0.3 is 5.97 Å². The number of carbonyl (C=O) groups excluding carboxylic acids is 3. The molecule has 2 aromatic rings. The third-order valence-corrected chi connectivity index (χ3v) is 4.74. The number of halogens is 1. The number of rotatable bonds is 7. The van der Waals surface area contributed by atoms with Crippen LogP contribution < -0.4 is 11.1 Å². The van der Waals surface area contributed by atoms with Crippen molar-refractivity contribution in [2.45, 2.75) is 25.4 Å². The van der Waals surface area contributed by atoms with Crippen LogP contribution in [0.1, 0.15) is 18.5 Å². The van der Waals surface area contributed by atoms with Crippen molar-refractivity contribution in [2.75, 3.05) is 19.4 Å². The lowest BCUT2D eigenvalue weighted by molar-refractivity contribution is -0.149. The minimum absolute atomic E-state index is 0.0203. The normalized spacial score (nSPS) is 16.1. The van der Waals surface area contributed by atoms with Crippen LogP contribution in [-0.4, -0.2) is 52.6 Å². The van der Waals surface area contributed by atoms with E-state index >= 15 is 0 Å². The molecule has 0 saturated carbocycles. The second kappa shape index (κ2) is 10.3. The number of nitrogen functional groups attached to an aromatic ring is 1. The zero-order valence-electron chi connectivity index (χ0n) is 17.2. The molecule has 11 nitrogen and oxygen atoms in total. The zero-order valence-corrected chi connectivity index (χ0v) is 17.2. The lowest BCUT2D eigenvalue weighted by atomic mass is 10.2. The molecule has 1 unspecified atom stereocenters. The number of nitrogens with one attached hydrogen (secondary N) is 2. The maximum atomic E-state index is 13.3. The van der Waals surface area contributed by atoms with E-state index in [0.29, 0.717) is 25.1 Å². The molecule has 1 aromatic heterocycles. The summed E-state index contributed by atoms with van der Waals surface area (Å²) < 4.78 is 18.0. The number of hydrogen-bond donors (Lipinski definition) is 3. The topological polar surface area (TPSA) is 155 Å². The van der Waals surface area contributed by atoms with E-state index in [-0.39, 0.29) is 23.7 Å². The van der Waals surface area contributed by atoms with Crippen molar-refractivity contribution >= 4 is 35.0 Å².